The number of nitrogens with zero attached hydrogens (tertiary/aromatic N) is 1. The molecule has 1 saturated heterocycles. The number of sulfonamides is 1. The van der Waals surface area contributed by atoms with Gasteiger partial charge in [0.15, 0.2) is 0 Å². The molecule has 0 aromatic heterocycles. The number of methoxy groups -OCH3 is 2. The fraction of sp³-hybridized carbons (Fsp3) is 0.381. The zero-order valence-electron chi connectivity index (χ0n) is 17.5. The van der Waals surface area contributed by atoms with Gasteiger partial charge in [-0.3, -0.25) is 4.79 Å². The maximum absolute atomic E-state index is 12.8. The summed E-state index contributed by atoms with van der Waals surface area (Å²) in [6, 6.07) is 7.89. The number of carbonyl (C=O) groups excluding carboxylic acids is 1. The standard InChI is InChI=1S/C21H23Cl3N2O5S/c1-30-19-11-18(20(31-2)10-17(19)24)25-21(27)13-5-7-26(8-6-13)32(28,29)12-14-3-4-15(22)9-16(14)23/h3-4,9-11,13H,5-8,12H2,1-2H3,(H,25,27). The molecule has 1 fully saturated rings. The molecular formula is C21H23Cl3N2O5S. The number of amides is 1. The Kier molecular flexibility index (Phi) is 8.16. The summed E-state index contributed by atoms with van der Waals surface area (Å²) < 4.78 is 37.6. The second-order valence-corrected chi connectivity index (χ2v) is 10.6. The molecule has 0 atom stereocenters. The highest BCUT2D eigenvalue weighted by Crippen LogP contribution is 2.36. The first-order valence-electron chi connectivity index (χ1n) is 9.78. The minimum atomic E-state index is -3.58. The number of nitrogens with one attached hydrogen (secondary N) is 1. The van der Waals surface area contributed by atoms with E-state index < -0.39 is 10.0 Å². The van der Waals surface area contributed by atoms with Crippen molar-refractivity contribution in [3.05, 3.63) is 51.0 Å². The van der Waals surface area contributed by atoms with Gasteiger partial charge in [0.25, 0.3) is 0 Å². The third-order valence-corrected chi connectivity index (χ3v) is 8.01. The first-order chi connectivity index (χ1) is 15.1. The highest BCUT2D eigenvalue weighted by Gasteiger charge is 2.32. The Morgan fingerprint density at radius 3 is 2.28 bits per heavy atom. The minimum Gasteiger partial charge on any atom is -0.495 e. The molecule has 0 spiro atoms. The lowest BCUT2D eigenvalue weighted by molar-refractivity contribution is -0.120. The summed E-state index contributed by atoms with van der Waals surface area (Å²) in [5.74, 6) is 0.0349. The summed E-state index contributed by atoms with van der Waals surface area (Å²) in [5, 5.41) is 3.95. The van der Waals surface area contributed by atoms with Gasteiger partial charge in [-0.05, 0) is 30.5 Å². The van der Waals surface area contributed by atoms with Crippen molar-refractivity contribution in [3.8, 4) is 11.5 Å². The molecular weight excluding hydrogens is 499 g/mol. The molecule has 0 unspecified atom stereocenters. The number of hydrogen-bond acceptors (Lipinski definition) is 5. The topological polar surface area (TPSA) is 84.9 Å². The lowest BCUT2D eigenvalue weighted by Gasteiger charge is -2.30. The molecule has 0 saturated carbocycles. The van der Waals surface area contributed by atoms with Crippen LogP contribution in [0.25, 0.3) is 0 Å². The maximum Gasteiger partial charge on any atom is 0.227 e. The number of anilines is 1. The van der Waals surface area contributed by atoms with Crippen LogP contribution in [0.2, 0.25) is 15.1 Å². The van der Waals surface area contributed by atoms with E-state index in [9.17, 15) is 13.2 Å². The van der Waals surface area contributed by atoms with Gasteiger partial charge in [-0.15, -0.1) is 0 Å². The zero-order chi connectivity index (χ0) is 23.5. The Morgan fingerprint density at radius 1 is 1.03 bits per heavy atom. The summed E-state index contributed by atoms with van der Waals surface area (Å²) in [7, 11) is -0.626. The Bertz CT molecular complexity index is 1100. The molecule has 11 heteroatoms. The van der Waals surface area contributed by atoms with Crippen molar-refractivity contribution >= 4 is 56.4 Å². The SMILES string of the molecule is COc1cc(NC(=O)C2CCN(S(=O)(=O)Cc3ccc(Cl)cc3Cl)CC2)c(OC)cc1Cl. The monoisotopic (exact) mass is 520 g/mol. The van der Waals surface area contributed by atoms with Crippen LogP contribution in [0.5, 0.6) is 11.5 Å². The second-order valence-electron chi connectivity index (χ2n) is 7.34. The van der Waals surface area contributed by atoms with Crippen molar-refractivity contribution < 1.29 is 22.7 Å². The van der Waals surface area contributed by atoms with E-state index in [2.05, 4.69) is 5.32 Å². The third kappa shape index (κ3) is 5.80. The average molecular weight is 522 g/mol. The van der Waals surface area contributed by atoms with Crippen molar-refractivity contribution in [2.75, 3.05) is 32.6 Å². The van der Waals surface area contributed by atoms with Gasteiger partial charge < -0.3 is 14.8 Å². The number of halogens is 3. The normalized spacial score (nSPS) is 15.4. The number of ether oxygens (including phenoxy) is 2. The Hall–Kier alpha value is -1.71. The highest BCUT2D eigenvalue weighted by molar-refractivity contribution is 7.88. The van der Waals surface area contributed by atoms with E-state index >= 15 is 0 Å². The lowest BCUT2D eigenvalue weighted by Crippen LogP contribution is -2.41. The Balaban J connectivity index is 1.63. The number of rotatable bonds is 7. The van der Waals surface area contributed by atoms with Gasteiger partial charge >= 0.3 is 0 Å². The van der Waals surface area contributed by atoms with Crippen molar-refractivity contribution in [3.63, 3.8) is 0 Å². The van der Waals surface area contributed by atoms with Crippen LogP contribution < -0.4 is 14.8 Å². The molecule has 1 amide bonds. The first kappa shape index (κ1) is 24.9. The van der Waals surface area contributed by atoms with Gasteiger partial charge in [-0.1, -0.05) is 40.9 Å². The van der Waals surface area contributed by atoms with Crippen LogP contribution in [-0.4, -0.2) is 45.9 Å². The van der Waals surface area contributed by atoms with Crippen LogP contribution in [0.1, 0.15) is 18.4 Å². The molecule has 1 aliphatic rings. The highest BCUT2D eigenvalue weighted by atomic mass is 35.5. The molecule has 1 N–H and O–H groups in total. The van der Waals surface area contributed by atoms with E-state index in [0.29, 0.717) is 50.7 Å². The fourth-order valence-electron chi connectivity index (χ4n) is 3.52. The molecule has 7 nitrogen and oxygen atoms in total. The Morgan fingerprint density at radius 2 is 1.69 bits per heavy atom. The summed E-state index contributed by atoms with van der Waals surface area (Å²) in [6.45, 7) is 0.486. The number of benzene rings is 2. The first-order valence-corrected chi connectivity index (χ1v) is 12.5. The molecule has 2 aromatic carbocycles. The van der Waals surface area contributed by atoms with Gasteiger partial charge in [0, 0.05) is 41.2 Å². The zero-order valence-corrected chi connectivity index (χ0v) is 20.6. The van der Waals surface area contributed by atoms with Crippen molar-refractivity contribution in [2.45, 2.75) is 18.6 Å². The van der Waals surface area contributed by atoms with Crippen LogP contribution in [0.4, 0.5) is 5.69 Å². The van der Waals surface area contributed by atoms with Crippen molar-refractivity contribution in [2.24, 2.45) is 5.92 Å². The summed E-state index contributed by atoms with van der Waals surface area (Å²) >= 11 is 18.1. The number of carbonyl (C=O) groups is 1. The molecule has 32 heavy (non-hydrogen) atoms. The minimum absolute atomic E-state index is 0.217. The van der Waals surface area contributed by atoms with Gasteiger partial charge in [0.1, 0.15) is 11.5 Å². The molecule has 0 radical (unpaired) electrons. The average Bonchev–Trinajstić information content (AvgIpc) is 2.76. The van der Waals surface area contributed by atoms with E-state index in [-0.39, 0.29) is 30.7 Å². The van der Waals surface area contributed by atoms with E-state index in [1.54, 1.807) is 24.3 Å². The van der Waals surface area contributed by atoms with Crippen LogP contribution in [0.3, 0.4) is 0 Å². The van der Waals surface area contributed by atoms with Crippen LogP contribution >= 0.6 is 34.8 Å². The van der Waals surface area contributed by atoms with Crippen molar-refractivity contribution in [1.82, 2.24) is 4.31 Å². The largest absolute Gasteiger partial charge is 0.495 e. The smallest absolute Gasteiger partial charge is 0.227 e. The van der Waals surface area contributed by atoms with E-state index in [1.807, 2.05) is 0 Å². The van der Waals surface area contributed by atoms with E-state index in [4.69, 9.17) is 44.3 Å². The van der Waals surface area contributed by atoms with Crippen LogP contribution in [0.15, 0.2) is 30.3 Å². The number of piperidine rings is 1. The second kappa shape index (κ2) is 10.5. The fourth-order valence-corrected chi connectivity index (χ4v) is 5.90. The van der Waals surface area contributed by atoms with Crippen LogP contribution in [0, 0.1) is 5.92 Å². The third-order valence-electron chi connectivity index (χ3n) is 5.30. The molecule has 3 rings (SSSR count). The van der Waals surface area contributed by atoms with Gasteiger partial charge in [-0.25, -0.2) is 12.7 Å². The van der Waals surface area contributed by atoms with E-state index in [0.717, 1.165) is 0 Å². The molecule has 1 heterocycles. The predicted octanol–water partition coefficient (Wildman–Crippen LogP) is 4.84. The Labute approximate surface area is 202 Å². The summed E-state index contributed by atoms with van der Waals surface area (Å²) in [4.78, 5) is 12.8. The lowest BCUT2D eigenvalue weighted by atomic mass is 9.97. The summed E-state index contributed by atoms with van der Waals surface area (Å²) in [6.07, 6.45) is 0.791. The molecule has 1 aliphatic heterocycles. The molecule has 0 aliphatic carbocycles. The number of hydrogen-bond donors (Lipinski definition) is 1. The molecule has 2 aromatic rings. The van der Waals surface area contributed by atoms with E-state index in [1.165, 1.54) is 24.6 Å². The van der Waals surface area contributed by atoms with Gasteiger partial charge in [-0.2, -0.15) is 0 Å². The molecule has 0 bridgehead atoms. The molecule has 174 valence electrons. The predicted molar refractivity (Wildman–Crippen MR) is 127 cm³/mol. The van der Waals surface area contributed by atoms with Gasteiger partial charge in [0.05, 0.1) is 30.7 Å². The summed E-state index contributed by atoms with van der Waals surface area (Å²) in [5.41, 5.74) is 0.922. The van der Waals surface area contributed by atoms with Crippen molar-refractivity contribution in [1.29, 1.82) is 0 Å². The van der Waals surface area contributed by atoms with Crippen LogP contribution in [-0.2, 0) is 20.6 Å². The van der Waals surface area contributed by atoms with Gasteiger partial charge in [0.2, 0.25) is 15.9 Å². The maximum atomic E-state index is 12.8. The quantitative estimate of drug-likeness (QED) is 0.563.